The molecule has 0 spiro atoms. The van der Waals surface area contributed by atoms with Crippen LogP contribution in [0.5, 0.6) is 0 Å². The van der Waals surface area contributed by atoms with Crippen LogP contribution in [0.4, 0.5) is 0 Å². The molecule has 3 nitrogen and oxygen atoms in total. The SMILES string of the molecule is CCNC1C(N2CCN3CCCC3C2)CCC1(C)C. The van der Waals surface area contributed by atoms with Gasteiger partial charge in [0.25, 0.3) is 0 Å². The van der Waals surface area contributed by atoms with E-state index in [1.54, 1.807) is 0 Å². The van der Waals surface area contributed by atoms with Gasteiger partial charge in [0.1, 0.15) is 0 Å². The number of nitrogens with one attached hydrogen (secondary N) is 1. The molecular formula is C16H31N3. The number of likely N-dealkylation sites (N-methyl/N-ethyl adjacent to an activating group) is 1. The van der Waals surface area contributed by atoms with Crippen LogP contribution in [0.15, 0.2) is 0 Å². The second-order valence-electron chi connectivity index (χ2n) is 7.46. The van der Waals surface area contributed by atoms with Gasteiger partial charge >= 0.3 is 0 Å². The lowest BCUT2D eigenvalue weighted by Gasteiger charge is -2.44. The van der Waals surface area contributed by atoms with E-state index in [4.69, 9.17) is 0 Å². The van der Waals surface area contributed by atoms with Crippen molar-refractivity contribution in [3.05, 3.63) is 0 Å². The molecule has 3 unspecified atom stereocenters. The molecule has 0 radical (unpaired) electrons. The highest BCUT2D eigenvalue weighted by molar-refractivity contribution is 5.03. The first-order valence-electron chi connectivity index (χ1n) is 8.33. The molecule has 0 aromatic heterocycles. The van der Waals surface area contributed by atoms with Crippen molar-refractivity contribution in [3.63, 3.8) is 0 Å². The van der Waals surface area contributed by atoms with Crippen LogP contribution < -0.4 is 5.32 Å². The fraction of sp³-hybridized carbons (Fsp3) is 1.00. The molecule has 0 aromatic carbocycles. The van der Waals surface area contributed by atoms with Crippen molar-refractivity contribution in [3.8, 4) is 0 Å². The average molecular weight is 265 g/mol. The van der Waals surface area contributed by atoms with Gasteiger partial charge in [0, 0.05) is 37.8 Å². The van der Waals surface area contributed by atoms with Crippen LogP contribution in [-0.4, -0.2) is 60.6 Å². The molecule has 3 aliphatic rings. The van der Waals surface area contributed by atoms with E-state index in [1.807, 2.05) is 0 Å². The number of hydrogen-bond acceptors (Lipinski definition) is 3. The highest BCUT2D eigenvalue weighted by Crippen LogP contribution is 2.40. The normalized spacial score (nSPS) is 39.6. The minimum atomic E-state index is 0.466. The second-order valence-corrected chi connectivity index (χ2v) is 7.46. The van der Waals surface area contributed by atoms with Crippen LogP contribution in [-0.2, 0) is 0 Å². The third-order valence-electron chi connectivity index (χ3n) is 5.82. The number of rotatable bonds is 3. The Hall–Kier alpha value is -0.120. The summed E-state index contributed by atoms with van der Waals surface area (Å²) in [6.07, 6.45) is 5.61. The second kappa shape index (κ2) is 5.34. The molecule has 19 heavy (non-hydrogen) atoms. The van der Waals surface area contributed by atoms with E-state index in [2.05, 4.69) is 35.9 Å². The lowest BCUT2D eigenvalue weighted by molar-refractivity contribution is 0.0559. The Morgan fingerprint density at radius 2 is 1.89 bits per heavy atom. The molecular weight excluding hydrogens is 234 g/mol. The monoisotopic (exact) mass is 265 g/mol. The lowest BCUT2D eigenvalue weighted by Crippen LogP contribution is -2.58. The molecule has 1 saturated carbocycles. The summed E-state index contributed by atoms with van der Waals surface area (Å²) in [5.41, 5.74) is 0.466. The zero-order chi connectivity index (χ0) is 13.5. The van der Waals surface area contributed by atoms with Gasteiger partial charge in [0.15, 0.2) is 0 Å². The number of piperazine rings is 1. The van der Waals surface area contributed by atoms with Crippen molar-refractivity contribution < 1.29 is 0 Å². The largest absolute Gasteiger partial charge is 0.312 e. The Kier molecular flexibility index (Phi) is 3.89. The topological polar surface area (TPSA) is 18.5 Å². The van der Waals surface area contributed by atoms with Gasteiger partial charge in [-0.1, -0.05) is 20.8 Å². The molecule has 110 valence electrons. The van der Waals surface area contributed by atoms with E-state index in [0.717, 1.165) is 18.6 Å². The number of fused-ring (bicyclic) bond motifs is 1. The fourth-order valence-corrected chi connectivity index (χ4v) is 4.70. The van der Waals surface area contributed by atoms with Crippen molar-refractivity contribution in [2.45, 2.75) is 64.6 Å². The molecule has 0 aromatic rings. The Labute approximate surface area is 118 Å². The van der Waals surface area contributed by atoms with E-state index in [-0.39, 0.29) is 0 Å². The van der Waals surface area contributed by atoms with E-state index >= 15 is 0 Å². The molecule has 3 rings (SSSR count). The summed E-state index contributed by atoms with van der Waals surface area (Å²) in [6.45, 7) is 13.5. The van der Waals surface area contributed by atoms with Crippen LogP contribution in [0, 0.1) is 5.41 Å². The smallest absolute Gasteiger partial charge is 0.0274 e. The summed E-state index contributed by atoms with van der Waals surface area (Å²) in [6, 6.07) is 2.32. The van der Waals surface area contributed by atoms with Gasteiger partial charge < -0.3 is 5.32 Å². The first-order valence-corrected chi connectivity index (χ1v) is 8.33. The van der Waals surface area contributed by atoms with Crippen LogP contribution >= 0.6 is 0 Å². The Bertz CT molecular complexity index is 315. The minimum Gasteiger partial charge on any atom is -0.312 e. The van der Waals surface area contributed by atoms with Crippen molar-refractivity contribution >= 4 is 0 Å². The van der Waals surface area contributed by atoms with Crippen molar-refractivity contribution in [1.29, 1.82) is 0 Å². The highest BCUT2D eigenvalue weighted by atomic mass is 15.3. The van der Waals surface area contributed by atoms with Crippen molar-refractivity contribution in [1.82, 2.24) is 15.1 Å². The maximum absolute atomic E-state index is 3.79. The van der Waals surface area contributed by atoms with Gasteiger partial charge in [0.2, 0.25) is 0 Å². The summed E-state index contributed by atoms with van der Waals surface area (Å²) in [5.74, 6) is 0. The van der Waals surface area contributed by atoms with Gasteiger partial charge in [-0.05, 0) is 44.2 Å². The van der Waals surface area contributed by atoms with Gasteiger partial charge in [0.05, 0.1) is 0 Å². The standard InChI is InChI=1S/C16H31N3/c1-4-17-15-14(7-8-16(15,2)3)19-11-10-18-9-5-6-13(18)12-19/h13-15,17H,4-12H2,1-3H3. The third kappa shape index (κ3) is 2.57. The summed E-state index contributed by atoms with van der Waals surface area (Å²) < 4.78 is 0. The Morgan fingerprint density at radius 1 is 1.11 bits per heavy atom. The molecule has 3 atom stereocenters. The van der Waals surface area contributed by atoms with E-state index in [0.29, 0.717) is 11.5 Å². The lowest BCUT2D eigenvalue weighted by atomic mass is 9.86. The van der Waals surface area contributed by atoms with Gasteiger partial charge in [-0.2, -0.15) is 0 Å². The van der Waals surface area contributed by atoms with E-state index < -0.39 is 0 Å². The average Bonchev–Trinajstić information content (AvgIpc) is 2.95. The molecule has 2 aliphatic heterocycles. The number of nitrogens with zero attached hydrogens (tertiary/aromatic N) is 2. The van der Waals surface area contributed by atoms with Gasteiger partial charge in [-0.15, -0.1) is 0 Å². The number of hydrogen-bond donors (Lipinski definition) is 1. The molecule has 2 heterocycles. The minimum absolute atomic E-state index is 0.466. The molecule has 1 N–H and O–H groups in total. The maximum atomic E-state index is 3.79. The summed E-state index contributed by atoms with van der Waals surface area (Å²) in [5, 5.41) is 3.79. The van der Waals surface area contributed by atoms with Crippen LogP contribution in [0.1, 0.15) is 46.5 Å². The zero-order valence-corrected chi connectivity index (χ0v) is 13.0. The predicted molar refractivity (Wildman–Crippen MR) is 80.4 cm³/mol. The fourth-order valence-electron chi connectivity index (χ4n) is 4.70. The van der Waals surface area contributed by atoms with Crippen molar-refractivity contribution in [2.24, 2.45) is 5.41 Å². The van der Waals surface area contributed by atoms with Gasteiger partial charge in [-0.25, -0.2) is 0 Å². The predicted octanol–water partition coefficient (Wildman–Crippen LogP) is 1.93. The molecule has 0 amide bonds. The molecule has 3 heteroatoms. The maximum Gasteiger partial charge on any atom is 0.0274 e. The molecule has 3 fully saturated rings. The Balaban J connectivity index is 1.67. The van der Waals surface area contributed by atoms with Crippen molar-refractivity contribution in [2.75, 3.05) is 32.7 Å². The van der Waals surface area contributed by atoms with E-state index in [9.17, 15) is 0 Å². The Morgan fingerprint density at radius 3 is 2.68 bits per heavy atom. The van der Waals surface area contributed by atoms with Crippen LogP contribution in [0.25, 0.3) is 0 Å². The summed E-state index contributed by atoms with van der Waals surface area (Å²) >= 11 is 0. The van der Waals surface area contributed by atoms with Crippen LogP contribution in [0.3, 0.4) is 0 Å². The summed E-state index contributed by atoms with van der Waals surface area (Å²) in [4.78, 5) is 5.54. The third-order valence-corrected chi connectivity index (χ3v) is 5.82. The summed E-state index contributed by atoms with van der Waals surface area (Å²) in [7, 11) is 0. The first-order chi connectivity index (χ1) is 9.12. The van der Waals surface area contributed by atoms with E-state index in [1.165, 1.54) is 51.9 Å². The first kappa shape index (κ1) is 13.8. The molecule has 1 aliphatic carbocycles. The zero-order valence-electron chi connectivity index (χ0n) is 13.0. The quantitative estimate of drug-likeness (QED) is 0.841. The highest BCUT2D eigenvalue weighted by Gasteiger charge is 2.45. The van der Waals surface area contributed by atoms with Gasteiger partial charge in [-0.3, -0.25) is 9.80 Å². The van der Waals surface area contributed by atoms with Crippen LogP contribution in [0.2, 0.25) is 0 Å². The molecule has 2 saturated heterocycles. The molecule has 0 bridgehead atoms.